The van der Waals surface area contributed by atoms with Gasteiger partial charge in [0.05, 0.1) is 17.4 Å². The van der Waals surface area contributed by atoms with E-state index in [1.807, 2.05) is 26.0 Å². The Labute approximate surface area is 173 Å². The van der Waals surface area contributed by atoms with Crippen molar-refractivity contribution in [3.8, 4) is 5.75 Å². The number of nitrogens with one attached hydrogen (secondary N) is 2. The van der Waals surface area contributed by atoms with Crippen LogP contribution in [0.3, 0.4) is 0 Å². The van der Waals surface area contributed by atoms with E-state index in [2.05, 4.69) is 22.9 Å². The summed E-state index contributed by atoms with van der Waals surface area (Å²) in [5.74, 6) is 0.560. The van der Waals surface area contributed by atoms with Gasteiger partial charge in [-0.25, -0.2) is 0 Å². The highest BCUT2D eigenvalue weighted by Crippen LogP contribution is 2.18. The smallest absolute Gasteiger partial charge is 0.262 e. The Morgan fingerprint density at radius 1 is 1.28 bits per heavy atom. The number of hydrogen-bond donors (Lipinski definition) is 2. The number of amides is 1. The number of benzene rings is 2. The molecule has 0 saturated carbocycles. The van der Waals surface area contributed by atoms with Crippen LogP contribution in [0.5, 0.6) is 5.75 Å². The van der Waals surface area contributed by atoms with Crippen LogP contribution < -0.4 is 15.6 Å². The lowest BCUT2D eigenvalue weighted by Gasteiger charge is -2.11. The Bertz CT molecular complexity index is 1190. The van der Waals surface area contributed by atoms with E-state index in [-0.39, 0.29) is 11.5 Å². The number of aromatic amines is 1. The Hall–Kier alpha value is -3.19. The van der Waals surface area contributed by atoms with Crippen LogP contribution in [-0.2, 0) is 6.54 Å². The first-order valence-corrected chi connectivity index (χ1v) is 9.67. The highest BCUT2D eigenvalue weighted by Gasteiger charge is 2.10. The summed E-state index contributed by atoms with van der Waals surface area (Å²) in [5.41, 5.74) is 2.99. The van der Waals surface area contributed by atoms with Crippen LogP contribution in [0.15, 0.2) is 53.8 Å². The van der Waals surface area contributed by atoms with E-state index in [1.54, 1.807) is 24.3 Å². The molecule has 0 spiro atoms. The molecule has 0 saturated heterocycles. The molecule has 0 radical (unpaired) electrons. The number of aryl methyl sites for hydroxylation is 2. The molecule has 0 fully saturated rings. The minimum atomic E-state index is -0.245. The van der Waals surface area contributed by atoms with Gasteiger partial charge in [-0.15, -0.1) is 6.58 Å². The number of H-pyrrole nitrogens is 1. The maximum absolute atomic E-state index is 12.5. The molecule has 7 heteroatoms. The molecule has 2 aromatic carbocycles. The first kappa shape index (κ1) is 20.5. The predicted molar refractivity (Wildman–Crippen MR) is 117 cm³/mol. The zero-order valence-corrected chi connectivity index (χ0v) is 17.3. The van der Waals surface area contributed by atoms with E-state index in [1.165, 1.54) is 10.1 Å². The zero-order chi connectivity index (χ0) is 21.0. The molecular formula is C22H23N3O3S. The van der Waals surface area contributed by atoms with Crippen LogP contribution in [0.2, 0.25) is 0 Å². The third-order valence-corrected chi connectivity index (χ3v) is 4.85. The molecular weight excluding hydrogens is 386 g/mol. The zero-order valence-electron chi connectivity index (χ0n) is 16.5. The molecule has 3 aromatic rings. The average Bonchev–Trinajstić information content (AvgIpc) is 2.69. The van der Waals surface area contributed by atoms with Crippen molar-refractivity contribution in [2.45, 2.75) is 20.4 Å². The summed E-state index contributed by atoms with van der Waals surface area (Å²) in [5, 5.41) is 3.29. The van der Waals surface area contributed by atoms with E-state index in [0.717, 1.165) is 11.3 Å². The second kappa shape index (κ2) is 8.87. The normalized spacial score (nSPS) is 10.7. The fourth-order valence-electron chi connectivity index (χ4n) is 3.08. The largest absolute Gasteiger partial charge is 0.491 e. The maximum Gasteiger partial charge on any atom is 0.262 e. The monoisotopic (exact) mass is 409 g/mol. The maximum atomic E-state index is 12.5. The summed E-state index contributed by atoms with van der Waals surface area (Å²) in [6.45, 7) is 8.70. The summed E-state index contributed by atoms with van der Waals surface area (Å²) in [7, 11) is 0. The first-order chi connectivity index (χ1) is 13.9. The third kappa shape index (κ3) is 4.63. The molecule has 3 rings (SSSR count). The summed E-state index contributed by atoms with van der Waals surface area (Å²) in [4.78, 5) is 28.0. The van der Waals surface area contributed by atoms with Gasteiger partial charge >= 0.3 is 0 Å². The minimum Gasteiger partial charge on any atom is -0.491 e. The van der Waals surface area contributed by atoms with Gasteiger partial charge < -0.3 is 15.0 Å². The molecule has 0 bridgehead atoms. The lowest BCUT2D eigenvalue weighted by Crippen LogP contribution is -2.28. The van der Waals surface area contributed by atoms with Crippen LogP contribution in [0, 0.1) is 18.6 Å². The minimum absolute atomic E-state index is 0.211. The fraction of sp³-hybridized carbons (Fsp3) is 0.227. The van der Waals surface area contributed by atoms with Gasteiger partial charge in [-0.2, -0.15) is 0 Å². The van der Waals surface area contributed by atoms with E-state index in [4.69, 9.17) is 17.0 Å². The van der Waals surface area contributed by atoms with Crippen molar-refractivity contribution in [1.29, 1.82) is 0 Å². The standard InChI is InChI=1S/C22H23N3O3S/c1-4-10-25-21(27)17-7-6-16(13-18(17)24-22(25)29)20(26)23-9-11-28-19-8-5-14(2)12-15(19)3/h4-8,12-13H,1,9-11H2,2-3H3,(H,23,26)(H,24,29). The molecule has 0 unspecified atom stereocenters. The second-order valence-corrected chi connectivity index (χ2v) is 7.15. The SMILES string of the molecule is C=CCn1c(=S)[nH]c2cc(C(=O)NCCOc3ccc(C)cc3C)ccc2c1=O. The highest BCUT2D eigenvalue weighted by molar-refractivity contribution is 7.71. The summed E-state index contributed by atoms with van der Waals surface area (Å²) in [6, 6.07) is 10.9. The number of carbonyl (C=O) groups excluding carboxylic acids is 1. The van der Waals surface area contributed by atoms with Crippen molar-refractivity contribution in [3.63, 3.8) is 0 Å². The second-order valence-electron chi connectivity index (χ2n) is 6.77. The Morgan fingerprint density at radius 3 is 2.79 bits per heavy atom. The lowest BCUT2D eigenvalue weighted by molar-refractivity contribution is 0.0947. The van der Waals surface area contributed by atoms with Crippen molar-refractivity contribution in [2.75, 3.05) is 13.2 Å². The number of hydrogen-bond acceptors (Lipinski definition) is 4. The van der Waals surface area contributed by atoms with Crippen LogP contribution >= 0.6 is 12.2 Å². The van der Waals surface area contributed by atoms with E-state index in [0.29, 0.717) is 40.9 Å². The summed E-state index contributed by atoms with van der Waals surface area (Å²) in [6.07, 6.45) is 1.61. The number of rotatable bonds is 7. The molecule has 150 valence electrons. The fourth-order valence-corrected chi connectivity index (χ4v) is 3.35. The molecule has 6 nitrogen and oxygen atoms in total. The Morgan fingerprint density at radius 2 is 2.07 bits per heavy atom. The molecule has 0 aliphatic carbocycles. The van der Waals surface area contributed by atoms with Gasteiger partial charge in [0.25, 0.3) is 11.5 Å². The van der Waals surface area contributed by atoms with Gasteiger partial charge in [-0.1, -0.05) is 23.8 Å². The van der Waals surface area contributed by atoms with Gasteiger partial charge in [0.1, 0.15) is 12.4 Å². The molecule has 0 aliphatic rings. The van der Waals surface area contributed by atoms with Gasteiger partial charge in [0.15, 0.2) is 4.77 Å². The molecule has 29 heavy (non-hydrogen) atoms. The van der Waals surface area contributed by atoms with Crippen molar-refractivity contribution in [2.24, 2.45) is 0 Å². The molecule has 1 aromatic heterocycles. The number of nitrogens with zero attached hydrogens (tertiary/aromatic N) is 1. The third-order valence-electron chi connectivity index (χ3n) is 4.53. The first-order valence-electron chi connectivity index (χ1n) is 9.26. The van der Waals surface area contributed by atoms with Gasteiger partial charge in [0, 0.05) is 12.1 Å². The molecule has 0 aliphatic heterocycles. The molecule has 0 atom stereocenters. The van der Waals surface area contributed by atoms with Crippen LogP contribution in [0.4, 0.5) is 0 Å². The van der Waals surface area contributed by atoms with Crippen molar-refractivity contribution in [1.82, 2.24) is 14.9 Å². The van der Waals surface area contributed by atoms with E-state index in [9.17, 15) is 9.59 Å². The summed E-state index contributed by atoms with van der Waals surface area (Å²) < 4.78 is 7.45. The van der Waals surface area contributed by atoms with Crippen molar-refractivity contribution >= 4 is 29.0 Å². The Kier molecular flexibility index (Phi) is 6.29. The number of aromatic nitrogens is 2. The molecule has 2 N–H and O–H groups in total. The lowest BCUT2D eigenvalue weighted by atomic mass is 10.1. The number of carbonyl (C=O) groups is 1. The van der Waals surface area contributed by atoms with Crippen molar-refractivity contribution < 1.29 is 9.53 Å². The van der Waals surface area contributed by atoms with E-state index < -0.39 is 0 Å². The van der Waals surface area contributed by atoms with Crippen molar-refractivity contribution in [3.05, 3.63) is 80.9 Å². The highest BCUT2D eigenvalue weighted by atomic mass is 32.1. The topological polar surface area (TPSA) is 76.1 Å². The number of allylic oxidation sites excluding steroid dienone is 1. The van der Waals surface area contributed by atoms with Gasteiger partial charge in [-0.3, -0.25) is 14.2 Å². The molecule has 1 amide bonds. The van der Waals surface area contributed by atoms with Crippen LogP contribution in [-0.4, -0.2) is 28.6 Å². The van der Waals surface area contributed by atoms with Crippen LogP contribution in [0.25, 0.3) is 10.9 Å². The quantitative estimate of drug-likeness (QED) is 0.355. The van der Waals surface area contributed by atoms with Gasteiger partial charge in [-0.05, 0) is 55.9 Å². The predicted octanol–water partition coefficient (Wildman–Crippen LogP) is 3.67. The average molecular weight is 410 g/mol. The summed E-state index contributed by atoms with van der Waals surface area (Å²) >= 11 is 5.23. The molecule has 1 heterocycles. The van der Waals surface area contributed by atoms with E-state index >= 15 is 0 Å². The number of ether oxygens (including phenoxy) is 1. The van der Waals surface area contributed by atoms with Gasteiger partial charge in [0.2, 0.25) is 0 Å². The number of fused-ring (bicyclic) bond motifs is 1. The Balaban J connectivity index is 1.67. The van der Waals surface area contributed by atoms with Crippen LogP contribution in [0.1, 0.15) is 21.5 Å².